The molecule has 0 aliphatic rings. The molecule has 3 rings (SSSR count). The molecule has 0 atom stereocenters. The Bertz CT molecular complexity index is 1160. The molecule has 35 heavy (non-hydrogen) atoms. The molecule has 188 valence electrons. The average molecular weight is 491 g/mol. The fraction of sp³-hybridized carbons (Fsp3) is 0.400. The second-order valence-corrected chi connectivity index (χ2v) is 8.31. The number of aromatic nitrogens is 3. The van der Waals surface area contributed by atoms with Gasteiger partial charge in [-0.25, -0.2) is 9.97 Å². The number of nitrogens with zero attached hydrogens (tertiary/aromatic N) is 2. The summed E-state index contributed by atoms with van der Waals surface area (Å²) in [6, 6.07) is 8.32. The van der Waals surface area contributed by atoms with Crippen LogP contribution in [0, 0.1) is 5.92 Å². The van der Waals surface area contributed by atoms with Gasteiger partial charge in [-0.05, 0) is 43.1 Å². The van der Waals surface area contributed by atoms with E-state index in [0.717, 1.165) is 12.6 Å². The van der Waals surface area contributed by atoms with Gasteiger partial charge in [-0.3, -0.25) is 4.79 Å². The monoisotopic (exact) mass is 490 g/mol. The fourth-order valence-corrected chi connectivity index (χ4v) is 3.35. The highest BCUT2D eigenvalue weighted by Crippen LogP contribution is 2.36. The Morgan fingerprint density at radius 1 is 1.11 bits per heavy atom. The van der Waals surface area contributed by atoms with Gasteiger partial charge < -0.3 is 19.8 Å². The summed E-state index contributed by atoms with van der Waals surface area (Å²) in [7, 11) is 0. The van der Waals surface area contributed by atoms with E-state index in [0.29, 0.717) is 49.3 Å². The summed E-state index contributed by atoms with van der Waals surface area (Å²) in [5, 5.41) is 3.21. The summed E-state index contributed by atoms with van der Waals surface area (Å²) in [6.07, 6.45) is -3.16. The van der Waals surface area contributed by atoms with Crippen molar-refractivity contribution in [2.75, 3.05) is 26.4 Å². The number of hydrogen-bond donors (Lipinski definition) is 2. The lowest BCUT2D eigenvalue weighted by atomic mass is 10.0. The maximum absolute atomic E-state index is 13.8. The third-order valence-corrected chi connectivity index (χ3v) is 4.98. The van der Waals surface area contributed by atoms with Crippen LogP contribution >= 0.6 is 0 Å². The van der Waals surface area contributed by atoms with Gasteiger partial charge in [0.05, 0.1) is 17.9 Å². The van der Waals surface area contributed by atoms with Crippen molar-refractivity contribution in [3.63, 3.8) is 0 Å². The Balaban J connectivity index is 1.92. The second-order valence-electron chi connectivity index (χ2n) is 8.31. The molecule has 2 N–H and O–H groups in total. The van der Waals surface area contributed by atoms with Crippen molar-refractivity contribution in [3.8, 4) is 28.5 Å². The molecule has 0 saturated carbocycles. The van der Waals surface area contributed by atoms with E-state index in [1.54, 1.807) is 12.1 Å². The molecule has 0 amide bonds. The highest BCUT2D eigenvalue weighted by Gasteiger charge is 2.34. The van der Waals surface area contributed by atoms with Crippen molar-refractivity contribution < 1.29 is 22.6 Å². The maximum Gasteiger partial charge on any atom is 0.417 e. The number of ether oxygens (including phenoxy) is 2. The number of alkyl halides is 3. The molecule has 0 aliphatic heterocycles. The third kappa shape index (κ3) is 7.63. The first-order valence-corrected chi connectivity index (χ1v) is 11.4. The Morgan fingerprint density at radius 2 is 1.91 bits per heavy atom. The van der Waals surface area contributed by atoms with Crippen LogP contribution in [0.5, 0.6) is 5.88 Å². The second kappa shape index (κ2) is 11.9. The highest BCUT2D eigenvalue weighted by molar-refractivity contribution is 5.66. The van der Waals surface area contributed by atoms with Crippen LogP contribution < -0.4 is 15.6 Å². The number of hydrogen-bond acceptors (Lipinski definition) is 6. The molecule has 0 radical (unpaired) electrons. The van der Waals surface area contributed by atoms with Gasteiger partial charge in [-0.1, -0.05) is 19.9 Å². The van der Waals surface area contributed by atoms with Crippen LogP contribution in [-0.2, 0) is 17.5 Å². The summed E-state index contributed by atoms with van der Waals surface area (Å²) in [5.74, 6) is 0.593. The molecule has 1 aromatic carbocycles. The van der Waals surface area contributed by atoms with Gasteiger partial charge in [-0.2, -0.15) is 13.2 Å². The molecule has 0 saturated heterocycles. The predicted molar refractivity (Wildman–Crippen MR) is 127 cm³/mol. The zero-order valence-corrected chi connectivity index (χ0v) is 19.9. The smallest absolute Gasteiger partial charge is 0.417 e. The van der Waals surface area contributed by atoms with E-state index in [1.165, 1.54) is 24.4 Å². The van der Waals surface area contributed by atoms with Crippen LogP contribution in [0.3, 0.4) is 0 Å². The number of H-pyrrole nitrogens is 1. The van der Waals surface area contributed by atoms with Crippen LogP contribution in [0.15, 0.2) is 47.4 Å². The van der Waals surface area contributed by atoms with Crippen molar-refractivity contribution in [1.82, 2.24) is 20.3 Å². The lowest BCUT2D eigenvalue weighted by Crippen LogP contribution is -2.19. The van der Waals surface area contributed by atoms with Crippen molar-refractivity contribution >= 4 is 0 Å². The molecule has 7 nitrogen and oxygen atoms in total. The van der Waals surface area contributed by atoms with Gasteiger partial charge in [0.25, 0.3) is 5.56 Å². The Hall–Kier alpha value is -3.24. The number of pyridine rings is 1. The topological polar surface area (TPSA) is 89.1 Å². The molecular weight excluding hydrogens is 461 g/mol. The number of rotatable bonds is 11. The van der Waals surface area contributed by atoms with E-state index in [4.69, 9.17) is 9.47 Å². The lowest BCUT2D eigenvalue weighted by molar-refractivity contribution is -0.137. The zero-order chi connectivity index (χ0) is 25.4. The fourth-order valence-electron chi connectivity index (χ4n) is 3.35. The summed E-state index contributed by atoms with van der Waals surface area (Å²) >= 11 is 0. The van der Waals surface area contributed by atoms with Gasteiger partial charge in [-0.15, -0.1) is 0 Å². The number of aromatic amines is 1. The first kappa shape index (κ1) is 26.4. The van der Waals surface area contributed by atoms with Crippen LogP contribution in [0.4, 0.5) is 13.2 Å². The minimum absolute atomic E-state index is 0.164. The average Bonchev–Trinajstić information content (AvgIpc) is 2.81. The summed E-state index contributed by atoms with van der Waals surface area (Å²) in [6.45, 7) is 8.41. The van der Waals surface area contributed by atoms with Crippen molar-refractivity contribution in [2.24, 2.45) is 5.92 Å². The zero-order valence-electron chi connectivity index (χ0n) is 19.9. The summed E-state index contributed by atoms with van der Waals surface area (Å²) in [5.41, 5.74) is -0.312. The minimum atomic E-state index is -4.62. The minimum Gasteiger partial charge on any atom is -0.475 e. The van der Waals surface area contributed by atoms with Gasteiger partial charge in [0.2, 0.25) is 5.88 Å². The number of benzene rings is 1. The van der Waals surface area contributed by atoms with E-state index in [-0.39, 0.29) is 17.1 Å². The highest BCUT2D eigenvalue weighted by atomic mass is 19.4. The van der Waals surface area contributed by atoms with Crippen LogP contribution in [0.2, 0.25) is 0 Å². The lowest BCUT2D eigenvalue weighted by Gasteiger charge is -2.15. The molecule has 3 aromatic rings. The molecular formula is C25H29F3N4O3. The van der Waals surface area contributed by atoms with Crippen molar-refractivity contribution in [1.29, 1.82) is 0 Å². The van der Waals surface area contributed by atoms with Crippen LogP contribution in [0.1, 0.15) is 31.9 Å². The van der Waals surface area contributed by atoms with E-state index in [2.05, 4.69) is 20.3 Å². The van der Waals surface area contributed by atoms with E-state index in [9.17, 15) is 18.0 Å². The third-order valence-electron chi connectivity index (χ3n) is 4.98. The Kier molecular flexibility index (Phi) is 9.00. The van der Waals surface area contributed by atoms with Crippen LogP contribution in [0.25, 0.3) is 22.6 Å². The molecule has 2 heterocycles. The Labute approximate surface area is 201 Å². The molecule has 2 aromatic heterocycles. The predicted octanol–water partition coefficient (Wildman–Crippen LogP) is 4.68. The molecule has 10 heteroatoms. The first-order valence-electron chi connectivity index (χ1n) is 11.4. The summed E-state index contributed by atoms with van der Waals surface area (Å²) in [4.78, 5) is 23.3. The Morgan fingerprint density at radius 3 is 2.57 bits per heavy atom. The summed E-state index contributed by atoms with van der Waals surface area (Å²) < 4.78 is 52.0. The van der Waals surface area contributed by atoms with Gasteiger partial charge in [0.15, 0.2) is 0 Å². The van der Waals surface area contributed by atoms with Crippen LogP contribution in [-0.4, -0.2) is 41.3 Å². The van der Waals surface area contributed by atoms with Gasteiger partial charge in [0, 0.05) is 42.6 Å². The van der Waals surface area contributed by atoms with Gasteiger partial charge >= 0.3 is 6.18 Å². The van der Waals surface area contributed by atoms with Crippen molar-refractivity contribution in [3.05, 3.63) is 64.1 Å². The standard InChI is InChI=1S/C25H29F3N4O3/c1-4-34-9-10-35-23-8-6-18(15-30-23)21-12-22(33)32-24(31-21)19-11-17(14-29-13-16(2)3)5-7-20(19)25(26,27)28/h5-8,11-12,15-16,29H,4,9-10,13-14H2,1-3H3,(H,31,32,33). The van der Waals surface area contributed by atoms with Crippen molar-refractivity contribution in [2.45, 2.75) is 33.5 Å². The molecule has 0 spiro atoms. The van der Waals surface area contributed by atoms with Gasteiger partial charge in [0.1, 0.15) is 12.4 Å². The number of nitrogens with one attached hydrogen (secondary N) is 2. The molecule has 0 fully saturated rings. The van der Waals surface area contributed by atoms with E-state index < -0.39 is 17.3 Å². The van der Waals surface area contributed by atoms with E-state index >= 15 is 0 Å². The molecule has 0 bridgehead atoms. The SMILES string of the molecule is CCOCCOc1ccc(-c2cc(=O)[nH]c(-c3cc(CNCC(C)C)ccc3C(F)(F)F)n2)cn1. The number of halogens is 3. The quantitative estimate of drug-likeness (QED) is 0.380. The first-order chi connectivity index (χ1) is 16.7. The normalized spacial score (nSPS) is 11.7. The molecule has 0 aliphatic carbocycles. The molecule has 0 unspecified atom stereocenters. The largest absolute Gasteiger partial charge is 0.475 e. The maximum atomic E-state index is 13.8. The van der Waals surface area contributed by atoms with E-state index in [1.807, 2.05) is 20.8 Å².